The fraction of sp³-hybridized carbons (Fsp3) is 0.150. The summed E-state index contributed by atoms with van der Waals surface area (Å²) in [6.45, 7) is 0. The van der Waals surface area contributed by atoms with E-state index < -0.39 is 29.0 Å². The smallest absolute Gasteiger partial charge is 0.257 e. The number of thioether (sulfide) groups is 1. The maximum absolute atomic E-state index is 14.3. The van der Waals surface area contributed by atoms with Crippen molar-refractivity contribution in [3.05, 3.63) is 86.2 Å². The van der Waals surface area contributed by atoms with Gasteiger partial charge in [0.1, 0.15) is 17.5 Å². The van der Waals surface area contributed by atoms with Crippen molar-refractivity contribution in [3.8, 4) is 0 Å². The number of carbonyl (C=O) groups excluding carboxylic acids is 1. The number of amides is 1. The molecule has 148 valence electrons. The highest BCUT2D eigenvalue weighted by Gasteiger charge is 2.32. The molecule has 1 atom stereocenters. The molecule has 29 heavy (non-hydrogen) atoms. The van der Waals surface area contributed by atoms with Crippen LogP contribution < -0.4 is 10.9 Å². The Bertz CT molecular complexity index is 1170. The molecule has 4 rings (SSSR count). The van der Waals surface area contributed by atoms with Crippen molar-refractivity contribution in [1.82, 2.24) is 9.97 Å². The quantitative estimate of drug-likeness (QED) is 0.470. The summed E-state index contributed by atoms with van der Waals surface area (Å²) in [4.78, 5) is 31.9. The number of aromatic amines is 1. The third kappa shape index (κ3) is 4.18. The maximum Gasteiger partial charge on any atom is 0.257 e. The fourth-order valence-electron chi connectivity index (χ4n) is 3.25. The number of anilines is 1. The largest absolute Gasteiger partial charge is 0.310 e. The zero-order chi connectivity index (χ0) is 20.5. The number of nitrogens with zero attached hydrogens (tertiary/aromatic N) is 1. The Hall–Kier alpha value is -2.71. The highest BCUT2D eigenvalue weighted by atomic mass is 35.5. The molecule has 2 N–H and O–H groups in total. The molecule has 2 aromatic carbocycles. The Morgan fingerprint density at radius 2 is 2.00 bits per heavy atom. The van der Waals surface area contributed by atoms with Crippen LogP contribution in [0.5, 0.6) is 0 Å². The molecular formula is C20H14ClF2N3O2S. The van der Waals surface area contributed by atoms with E-state index in [-0.39, 0.29) is 23.4 Å². The number of fused-ring (bicyclic) bond motifs is 1. The summed E-state index contributed by atoms with van der Waals surface area (Å²) in [5.41, 5.74) is 0.701. The van der Waals surface area contributed by atoms with E-state index >= 15 is 0 Å². The summed E-state index contributed by atoms with van der Waals surface area (Å²) in [6, 6.07) is 10.4. The Labute approximate surface area is 173 Å². The van der Waals surface area contributed by atoms with Crippen molar-refractivity contribution in [1.29, 1.82) is 0 Å². The van der Waals surface area contributed by atoms with Gasteiger partial charge >= 0.3 is 0 Å². The van der Waals surface area contributed by atoms with Crippen molar-refractivity contribution in [3.63, 3.8) is 0 Å². The Morgan fingerprint density at radius 1 is 1.17 bits per heavy atom. The monoisotopic (exact) mass is 433 g/mol. The second-order valence-electron chi connectivity index (χ2n) is 6.52. The first-order valence-corrected chi connectivity index (χ1v) is 10.0. The first kappa shape index (κ1) is 19.6. The van der Waals surface area contributed by atoms with Gasteiger partial charge in [-0.3, -0.25) is 9.59 Å². The predicted molar refractivity (Wildman–Crippen MR) is 107 cm³/mol. The molecule has 9 heteroatoms. The summed E-state index contributed by atoms with van der Waals surface area (Å²) in [6.07, 6.45) is -0.130. The second kappa shape index (κ2) is 7.96. The molecule has 1 amide bonds. The summed E-state index contributed by atoms with van der Waals surface area (Å²) in [5.74, 6) is -2.18. The van der Waals surface area contributed by atoms with Crippen molar-refractivity contribution in [2.45, 2.75) is 23.2 Å². The SMILES string of the molecule is O=C1C[C@@H](c2ccc(F)cc2F)c2c(nc(SCc3cccc(Cl)c3)[nH]c2=O)N1. The van der Waals surface area contributed by atoms with Crippen LogP contribution in [0.3, 0.4) is 0 Å². The zero-order valence-corrected chi connectivity index (χ0v) is 16.4. The van der Waals surface area contributed by atoms with Crippen LogP contribution in [0, 0.1) is 11.6 Å². The van der Waals surface area contributed by atoms with Crippen molar-refractivity contribution in [2.75, 3.05) is 5.32 Å². The van der Waals surface area contributed by atoms with Crippen LogP contribution in [-0.4, -0.2) is 15.9 Å². The molecule has 3 aromatic rings. The van der Waals surface area contributed by atoms with Crippen LogP contribution in [0.25, 0.3) is 0 Å². The van der Waals surface area contributed by atoms with E-state index in [0.717, 1.165) is 17.7 Å². The number of nitrogens with one attached hydrogen (secondary N) is 2. The van der Waals surface area contributed by atoms with Gasteiger partial charge in [-0.15, -0.1) is 0 Å². The lowest BCUT2D eigenvalue weighted by molar-refractivity contribution is -0.116. The summed E-state index contributed by atoms with van der Waals surface area (Å²) in [5, 5.41) is 3.50. The average molecular weight is 434 g/mol. The minimum absolute atomic E-state index is 0.0779. The predicted octanol–water partition coefficient (Wildman–Crippen LogP) is 4.47. The lowest BCUT2D eigenvalue weighted by atomic mass is 9.86. The van der Waals surface area contributed by atoms with E-state index in [0.29, 0.717) is 15.9 Å². The molecule has 1 aliphatic rings. The molecule has 5 nitrogen and oxygen atoms in total. The van der Waals surface area contributed by atoms with Gasteiger partial charge in [-0.1, -0.05) is 41.6 Å². The zero-order valence-electron chi connectivity index (χ0n) is 14.8. The number of hydrogen-bond donors (Lipinski definition) is 2. The van der Waals surface area contributed by atoms with Gasteiger partial charge in [0.15, 0.2) is 5.16 Å². The van der Waals surface area contributed by atoms with E-state index in [1.54, 1.807) is 12.1 Å². The highest BCUT2D eigenvalue weighted by molar-refractivity contribution is 7.98. The lowest BCUT2D eigenvalue weighted by Gasteiger charge is -2.24. The van der Waals surface area contributed by atoms with E-state index in [2.05, 4.69) is 15.3 Å². The van der Waals surface area contributed by atoms with Crippen LogP contribution in [-0.2, 0) is 10.5 Å². The minimum atomic E-state index is -0.845. The summed E-state index contributed by atoms with van der Waals surface area (Å²) in [7, 11) is 0. The van der Waals surface area contributed by atoms with Gasteiger partial charge in [-0.05, 0) is 29.3 Å². The first-order chi connectivity index (χ1) is 13.9. The van der Waals surface area contributed by atoms with Gasteiger partial charge in [0, 0.05) is 29.2 Å². The maximum atomic E-state index is 14.3. The number of benzene rings is 2. The number of hydrogen-bond acceptors (Lipinski definition) is 4. The molecule has 0 radical (unpaired) electrons. The summed E-state index contributed by atoms with van der Waals surface area (Å²) >= 11 is 7.25. The van der Waals surface area contributed by atoms with Crippen LogP contribution in [0.2, 0.25) is 5.02 Å². The number of H-pyrrole nitrogens is 1. The third-order valence-corrected chi connectivity index (χ3v) is 5.71. The van der Waals surface area contributed by atoms with Crippen molar-refractivity contribution >= 4 is 35.1 Å². The molecule has 0 spiro atoms. The van der Waals surface area contributed by atoms with Crippen LogP contribution in [0.1, 0.15) is 29.0 Å². The molecule has 1 aromatic heterocycles. The minimum Gasteiger partial charge on any atom is -0.310 e. The topological polar surface area (TPSA) is 74.8 Å². The highest BCUT2D eigenvalue weighted by Crippen LogP contribution is 2.36. The molecule has 0 aliphatic carbocycles. The first-order valence-electron chi connectivity index (χ1n) is 8.67. The molecule has 0 unspecified atom stereocenters. The third-order valence-electron chi connectivity index (χ3n) is 4.53. The van der Waals surface area contributed by atoms with E-state index in [4.69, 9.17) is 11.6 Å². The number of aromatic nitrogens is 2. The molecular weight excluding hydrogens is 420 g/mol. The van der Waals surface area contributed by atoms with Gasteiger partial charge < -0.3 is 10.3 Å². The van der Waals surface area contributed by atoms with Crippen LogP contribution in [0.4, 0.5) is 14.6 Å². The molecule has 0 fully saturated rings. The Morgan fingerprint density at radius 3 is 2.76 bits per heavy atom. The number of halogens is 3. The van der Waals surface area contributed by atoms with E-state index in [9.17, 15) is 18.4 Å². The molecule has 1 aliphatic heterocycles. The van der Waals surface area contributed by atoms with Crippen molar-refractivity contribution < 1.29 is 13.6 Å². The van der Waals surface area contributed by atoms with Crippen molar-refractivity contribution in [2.24, 2.45) is 0 Å². The molecule has 0 saturated heterocycles. The van der Waals surface area contributed by atoms with E-state index in [1.165, 1.54) is 17.8 Å². The second-order valence-corrected chi connectivity index (χ2v) is 7.92. The van der Waals surface area contributed by atoms with E-state index in [1.807, 2.05) is 12.1 Å². The van der Waals surface area contributed by atoms with Gasteiger partial charge in [0.2, 0.25) is 5.91 Å². The van der Waals surface area contributed by atoms with Gasteiger partial charge in [0.05, 0.1) is 5.56 Å². The molecule has 0 saturated carbocycles. The Balaban J connectivity index is 1.67. The Kier molecular flexibility index (Phi) is 5.38. The number of rotatable bonds is 4. The fourth-order valence-corrected chi connectivity index (χ4v) is 4.26. The molecule has 0 bridgehead atoms. The lowest BCUT2D eigenvalue weighted by Crippen LogP contribution is -2.31. The molecule has 2 heterocycles. The van der Waals surface area contributed by atoms with Gasteiger partial charge in [0.25, 0.3) is 5.56 Å². The normalized spacial score (nSPS) is 15.7. The average Bonchev–Trinajstić information content (AvgIpc) is 2.65. The standard InChI is InChI=1S/C20H14ClF2N3O2S/c21-11-3-1-2-10(6-11)9-29-20-25-18-17(19(28)26-20)14(8-16(27)24-18)13-5-4-12(22)7-15(13)23/h1-7,14H,8-9H2,(H2,24,25,26,27,28)/t14-/m0/s1. The van der Waals surface area contributed by atoms with Crippen LogP contribution >= 0.6 is 23.4 Å². The summed E-state index contributed by atoms with van der Waals surface area (Å²) < 4.78 is 27.5. The van der Waals surface area contributed by atoms with Gasteiger partial charge in [-0.2, -0.15) is 0 Å². The van der Waals surface area contributed by atoms with Crippen LogP contribution in [0.15, 0.2) is 52.4 Å². The van der Waals surface area contributed by atoms with Gasteiger partial charge in [-0.25, -0.2) is 13.8 Å². The number of carbonyl (C=O) groups is 1.